The van der Waals surface area contributed by atoms with Gasteiger partial charge in [-0.15, -0.1) is 5.11 Å². The summed E-state index contributed by atoms with van der Waals surface area (Å²) < 4.78 is 33.2. The maximum Gasteiger partial charge on any atom is 0.295 e. The van der Waals surface area contributed by atoms with E-state index in [4.69, 9.17) is 0 Å². The third kappa shape index (κ3) is 4.29. The van der Waals surface area contributed by atoms with Crippen LogP contribution in [0.25, 0.3) is 34.0 Å². The van der Waals surface area contributed by atoms with E-state index in [0.29, 0.717) is 5.69 Å². The molecule has 0 saturated carbocycles. The van der Waals surface area contributed by atoms with Crippen molar-refractivity contribution in [2.75, 3.05) is 0 Å². The Bertz CT molecular complexity index is 1660. The van der Waals surface area contributed by atoms with Gasteiger partial charge in [0.05, 0.1) is 16.7 Å². The lowest BCUT2D eigenvalue weighted by Crippen LogP contribution is -1.99. The number of aromatic hydroxyl groups is 1. The van der Waals surface area contributed by atoms with Crippen molar-refractivity contribution >= 4 is 55.5 Å². The first-order valence-electron chi connectivity index (χ1n) is 10.3. The molecule has 0 aliphatic heterocycles. The third-order valence-electron chi connectivity index (χ3n) is 5.24. The summed E-state index contributed by atoms with van der Waals surface area (Å²) in [5, 5.41) is 19.1. The van der Waals surface area contributed by atoms with Gasteiger partial charge in [-0.1, -0.05) is 54.6 Å². The van der Waals surface area contributed by atoms with Crippen molar-refractivity contribution in [2.24, 2.45) is 10.2 Å². The summed E-state index contributed by atoms with van der Waals surface area (Å²) in [4.78, 5) is 7.39. The number of rotatable bonds is 5. The summed E-state index contributed by atoms with van der Waals surface area (Å²) in [5.74, 6) is 0.517. The van der Waals surface area contributed by atoms with Crippen molar-refractivity contribution in [2.45, 2.75) is 4.90 Å². The summed E-state index contributed by atoms with van der Waals surface area (Å²) in [6, 6.07) is 22.4. The number of para-hydroxylation sites is 2. The number of benzene rings is 4. The average molecular weight is 471 g/mol. The van der Waals surface area contributed by atoms with Gasteiger partial charge in [0, 0.05) is 10.8 Å². The smallest absolute Gasteiger partial charge is 0.295 e. The fourth-order valence-corrected chi connectivity index (χ4v) is 4.31. The standard InChI is InChI=1S/C25H18N4O4S/c30-25-19-6-2-1-5-18(19)23(34(31,32)33)15-22(25)29-28-17-12-9-16(10-13-17)11-14-24-26-20-7-3-4-8-21(20)27-24/h1-15,30H,(H,26,27)(H,31,32,33)/b14-11+,29-28?. The van der Waals surface area contributed by atoms with E-state index in [1.54, 1.807) is 30.3 Å². The molecule has 0 spiro atoms. The Morgan fingerprint density at radius 1 is 0.853 bits per heavy atom. The van der Waals surface area contributed by atoms with E-state index in [-0.39, 0.29) is 27.1 Å². The molecule has 0 aliphatic rings. The number of aromatic amines is 1. The van der Waals surface area contributed by atoms with Crippen molar-refractivity contribution in [3.63, 3.8) is 0 Å². The molecule has 34 heavy (non-hydrogen) atoms. The number of nitrogens with zero attached hydrogens (tertiary/aromatic N) is 3. The lowest BCUT2D eigenvalue weighted by Gasteiger charge is -2.08. The van der Waals surface area contributed by atoms with E-state index in [1.165, 1.54) is 6.07 Å². The van der Waals surface area contributed by atoms with Crippen molar-refractivity contribution in [1.82, 2.24) is 9.97 Å². The number of imidazole rings is 1. The van der Waals surface area contributed by atoms with E-state index >= 15 is 0 Å². The molecule has 0 aliphatic carbocycles. The van der Waals surface area contributed by atoms with E-state index in [9.17, 15) is 18.1 Å². The van der Waals surface area contributed by atoms with Crippen molar-refractivity contribution in [3.05, 3.63) is 90.3 Å². The van der Waals surface area contributed by atoms with Crippen LogP contribution in [-0.2, 0) is 10.1 Å². The van der Waals surface area contributed by atoms with E-state index in [1.807, 2.05) is 48.6 Å². The van der Waals surface area contributed by atoms with Gasteiger partial charge in [0.25, 0.3) is 10.1 Å². The molecule has 4 aromatic carbocycles. The zero-order chi connectivity index (χ0) is 23.7. The molecule has 5 rings (SSSR count). The quantitative estimate of drug-likeness (QED) is 0.206. The van der Waals surface area contributed by atoms with Crippen LogP contribution in [0.4, 0.5) is 11.4 Å². The topological polar surface area (TPSA) is 128 Å². The number of nitrogens with one attached hydrogen (secondary N) is 1. The zero-order valence-corrected chi connectivity index (χ0v) is 18.4. The van der Waals surface area contributed by atoms with Gasteiger partial charge in [-0.3, -0.25) is 4.55 Å². The minimum Gasteiger partial charge on any atom is -0.505 e. The molecule has 168 valence electrons. The number of fused-ring (bicyclic) bond motifs is 2. The number of aromatic nitrogens is 2. The maximum absolute atomic E-state index is 11.8. The molecule has 0 unspecified atom stereocenters. The highest BCUT2D eigenvalue weighted by Gasteiger charge is 2.19. The van der Waals surface area contributed by atoms with Crippen LogP contribution in [0.15, 0.2) is 94.0 Å². The minimum absolute atomic E-state index is 0.0693. The molecule has 1 aromatic heterocycles. The van der Waals surface area contributed by atoms with Crippen LogP contribution in [0.1, 0.15) is 11.4 Å². The Morgan fingerprint density at radius 3 is 2.29 bits per heavy atom. The zero-order valence-electron chi connectivity index (χ0n) is 17.6. The molecule has 0 radical (unpaired) electrons. The van der Waals surface area contributed by atoms with Gasteiger partial charge in [0.1, 0.15) is 16.4 Å². The number of hydrogen-bond donors (Lipinski definition) is 3. The number of hydrogen-bond acceptors (Lipinski definition) is 6. The van der Waals surface area contributed by atoms with Gasteiger partial charge in [0.2, 0.25) is 0 Å². The molecule has 0 saturated heterocycles. The number of phenols is 1. The molecule has 3 N–H and O–H groups in total. The molecule has 0 fully saturated rings. The molecule has 1 heterocycles. The van der Waals surface area contributed by atoms with E-state index in [2.05, 4.69) is 20.2 Å². The number of H-pyrrole nitrogens is 1. The molecule has 9 heteroatoms. The molecular weight excluding hydrogens is 452 g/mol. The van der Waals surface area contributed by atoms with Crippen LogP contribution < -0.4 is 0 Å². The molecule has 0 atom stereocenters. The van der Waals surface area contributed by atoms with Crippen LogP contribution in [0.3, 0.4) is 0 Å². The normalized spacial score (nSPS) is 12.4. The summed E-state index contributed by atoms with van der Waals surface area (Å²) in [7, 11) is -4.52. The molecule has 0 amide bonds. The van der Waals surface area contributed by atoms with Crippen LogP contribution in [0.2, 0.25) is 0 Å². The highest BCUT2D eigenvalue weighted by atomic mass is 32.2. The van der Waals surface area contributed by atoms with Gasteiger partial charge in [0.15, 0.2) is 5.75 Å². The fraction of sp³-hybridized carbons (Fsp3) is 0. The van der Waals surface area contributed by atoms with Crippen molar-refractivity contribution in [1.29, 1.82) is 0 Å². The van der Waals surface area contributed by atoms with Crippen LogP contribution in [0, 0.1) is 0 Å². The second-order valence-electron chi connectivity index (χ2n) is 7.53. The second-order valence-corrected chi connectivity index (χ2v) is 8.92. The Labute approximate surface area is 194 Å². The maximum atomic E-state index is 11.8. The highest BCUT2D eigenvalue weighted by Crippen LogP contribution is 2.39. The minimum atomic E-state index is -4.52. The first kappa shape index (κ1) is 21.5. The van der Waals surface area contributed by atoms with Gasteiger partial charge < -0.3 is 10.1 Å². The van der Waals surface area contributed by atoms with E-state index in [0.717, 1.165) is 28.5 Å². The lowest BCUT2D eigenvalue weighted by atomic mass is 10.1. The average Bonchev–Trinajstić information content (AvgIpc) is 3.25. The number of azo groups is 1. The van der Waals surface area contributed by atoms with Gasteiger partial charge in [-0.05, 0) is 42.0 Å². The predicted molar refractivity (Wildman–Crippen MR) is 131 cm³/mol. The summed E-state index contributed by atoms with van der Waals surface area (Å²) >= 11 is 0. The van der Waals surface area contributed by atoms with Crippen LogP contribution in [0.5, 0.6) is 5.75 Å². The Hall–Kier alpha value is -4.34. The van der Waals surface area contributed by atoms with Gasteiger partial charge in [-0.2, -0.15) is 13.5 Å². The molecule has 5 aromatic rings. The SMILES string of the molecule is O=S(=O)(O)c1cc(N=Nc2ccc(/C=C/c3nc4ccccc4[nH]3)cc2)c(O)c2ccccc12. The number of phenolic OH excluding ortho intramolecular Hbond substituents is 1. The first-order chi connectivity index (χ1) is 16.4. The summed E-state index contributed by atoms with van der Waals surface area (Å²) in [6.45, 7) is 0. The van der Waals surface area contributed by atoms with E-state index < -0.39 is 10.1 Å². The fourth-order valence-electron chi connectivity index (χ4n) is 3.59. The molecule has 0 bridgehead atoms. The molecule has 8 nitrogen and oxygen atoms in total. The summed E-state index contributed by atoms with van der Waals surface area (Å²) in [6.07, 6.45) is 3.78. The Morgan fingerprint density at radius 2 is 1.56 bits per heavy atom. The largest absolute Gasteiger partial charge is 0.505 e. The van der Waals surface area contributed by atoms with Crippen LogP contribution in [-0.4, -0.2) is 28.0 Å². The monoisotopic (exact) mass is 470 g/mol. The molecular formula is C25H18N4O4S. The van der Waals surface area contributed by atoms with Crippen molar-refractivity contribution in [3.8, 4) is 5.75 Å². The summed E-state index contributed by atoms with van der Waals surface area (Å²) in [5.41, 5.74) is 3.21. The van der Waals surface area contributed by atoms with Crippen LogP contribution >= 0.6 is 0 Å². The van der Waals surface area contributed by atoms with Gasteiger partial charge >= 0.3 is 0 Å². The van der Waals surface area contributed by atoms with Gasteiger partial charge in [-0.25, -0.2) is 4.98 Å². The first-order valence-corrected chi connectivity index (χ1v) is 11.7. The van der Waals surface area contributed by atoms with Crippen molar-refractivity contribution < 1.29 is 18.1 Å². The third-order valence-corrected chi connectivity index (χ3v) is 6.14. The second kappa shape index (κ2) is 8.54. The predicted octanol–water partition coefficient (Wildman–Crippen LogP) is 6.25. The Balaban J connectivity index is 1.40. The lowest BCUT2D eigenvalue weighted by molar-refractivity contribution is 0.480. The Kier molecular flexibility index (Phi) is 5.40. The highest BCUT2D eigenvalue weighted by molar-refractivity contribution is 7.86.